The van der Waals surface area contributed by atoms with Gasteiger partial charge >= 0.3 is 6.09 Å². The van der Waals surface area contributed by atoms with Gasteiger partial charge in [-0.15, -0.1) is 11.3 Å². The van der Waals surface area contributed by atoms with Gasteiger partial charge in [-0.3, -0.25) is 0 Å². The molecule has 2 heterocycles. The average Bonchev–Trinajstić information content (AvgIpc) is 2.64. The van der Waals surface area contributed by atoms with E-state index in [1.54, 1.807) is 0 Å². The van der Waals surface area contributed by atoms with Crippen molar-refractivity contribution in [1.82, 2.24) is 9.88 Å². The first kappa shape index (κ1) is 11.3. The molecule has 16 heavy (non-hydrogen) atoms. The third kappa shape index (κ3) is 2.17. The minimum atomic E-state index is -0.860. The first-order valence-corrected chi connectivity index (χ1v) is 6.25. The molecule has 0 unspecified atom stereocenters. The molecule has 0 aliphatic carbocycles. The molecule has 6 heteroatoms. The van der Waals surface area contributed by atoms with E-state index < -0.39 is 6.09 Å². The van der Waals surface area contributed by atoms with E-state index in [9.17, 15) is 4.79 Å². The number of aromatic amines is 1. The number of nitrogens with zero attached hydrogens (tertiary/aromatic N) is 1. The normalized spacial score (nSPS) is 20.7. The number of thiazole rings is 1. The predicted octanol–water partition coefficient (Wildman–Crippen LogP) is 2.96. The summed E-state index contributed by atoms with van der Waals surface area (Å²) in [6.45, 7) is 2.42. The largest absolute Gasteiger partial charge is 0.465 e. The molecule has 4 nitrogen and oxygen atoms in total. The van der Waals surface area contributed by atoms with Gasteiger partial charge in [0.05, 0.1) is 11.7 Å². The molecule has 2 N–H and O–H groups in total. The van der Waals surface area contributed by atoms with Crippen LogP contribution in [0.15, 0.2) is 11.5 Å². The fraction of sp³-hybridized carbons (Fsp3) is 0.400. The van der Waals surface area contributed by atoms with Crippen LogP contribution in [0.5, 0.6) is 0 Å². The summed E-state index contributed by atoms with van der Waals surface area (Å²) in [7, 11) is 0. The van der Waals surface area contributed by atoms with Crippen molar-refractivity contribution in [1.29, 1.82) is 0 Å². The van der Waals surface area contributed by atoms with Crippen LogP contribution in [-0.4, -0.2) is 33.7 Å². The van der Waals surface area contributed by atoms with E-state index in [0.29, 0.717) is 6.54 Å². The van der Waals surface area contributed by atoms with Crippen molar-refractivity contribution in [2.75, 3.05) is 6.54 Å². The minimum Gasteiger partial charge on any atom is -0.465 e. The topological polar surface area (TPSA) is 56.3 Å². The second-order valence-electron chi connectivity index (χ2n) is 3.72. The van der Waals surface area contributed by atoms with E-state index in [1.807, 2.05) is 18.4 Å². The van der Waals surface area contributed by atoms with E-state index in [0.717, 1.165) is 21.6 Å². The number of carbonyl (C=O) groups is 1. The Kier molecular flexibility index (Phi) is 3.11. The molecule has 0 radical (unpaired) electrons. The molecule has 1 aliphatic rings. The fourth-order valence-electron chi connectivity index (χ4n) is 1.84. The third-order valence-corrected chi connectivity index (χ3v) is 3.73. The number of hydrogen-bond acceptors (Lipinski definition) is 3. The van der Waals surface area contributed by atoms with Gasteiger partial charge < -0.3 is 15.0 Å². The molecule has 1 atom stereocenters. The number of nitrogens with one attached hydrogen (secondary N) is 1. The molecule has 86 valence electrons. The lowest BCUT2D eigenvalue weighted by Gasteiger charge is -2.29. The Labute approximate surface area is 102 Å². The second kappa shape index (κ2) is 4.39. The van der Waals surface area contributed by atoms with Crippen molar-refractivity contribution in [3.05, 3.63) is 21.1 Å². The highest BCUT2D eigenvalue weighted by atomic mass is 32.1. The van der Waals surface area contributed by atoms with E-state index in [2.05, 4.69) is 4.98 Å². The summed E-state index contributed by atoms with van der Waals surface area (Å²) in [6.07, 6.45) is 1.85. The average molecular weight is 256 g/mol. The van der Waals surface area contributed by atoms with Gasteiger partial charge in [0.25, 0.3) is 0 Å². The van der Waals surface area contributed by atoms with Crippen LogP contribution in [-0.2, 0) is 0 Å². The molecule has 0 spiro atoms. The quantitative estimate of drug-likeness (QED) is 0.759. The van der Waals surface area contributed by atoms with Gasteiger partial charge in [-0.1, -0.05) is 6.08 Å². The van der Waals surface area contributed by atoms with Gasteiger partial charge in [-0.2, -0.15) is 0 Å². The highest BCUT2D eigenvalue weighted by Gasteiger charge is 2.23. The summed E-state index contributed by atoms with van der Waals surface area (Å²) in [5.41, 5.74) is 2.17. The Morgan fingerprint density at radius 3 is 3.00 bits per heavy atom. The third-order valence-electron chi connectivity index (χ3n) is 2.67. The number of amides is 1. The fourth-order valence-corrected chi connectivity index (χ4v) is 2.70. The molecule has 1 amide bonds. The van der Waals surface area contributed by atoms with Crippen LogP contribution in [0.2, 0.25) is 0 Å². The minimum absolute atomic E-state index is 0.0804. The highest BCUT2D eigenvalue weighted by molar-refractivity contribution is 7.73. The molecule has 0 saturated heterocycles. The van der Waals surface area contributed by atoms with E-state index >= 15 is 0 Å². The Morgan fingerprint density at radius 1 is 1.75 bits per heavy atom. The molecule has 1 aliphatic heterocycles. The summed E-state index contributed by atoms with van der Waals surface area (Å²) >= 11 is 6.52. The number of hydrogen-bond donors (Lipinski definition) is 2. The zero-order chi connectivity index (χ0) is 11.7. The summed E-state index contributed by atoms with van der Waals surface area (Å²) in [5, 5.41) is 10.9. The summed E-state index contributed by atoms with van der Waals surface area (Å²) in [6, 6.07) is -0.0804. The van der Waals surface area contributed by atoms with Crippen molar-refractivity contribution >= 4 is 35.2 Å². The Balaban J connectivity index is 2.24. The second-order valence-corrected chi connectivity index (χ2v) is 5.27. The number of carboxylic acid groups (broad SMARTS) is 1. The number of rotatable bonds is 1. The van der Waals surface area contributed by atoms with Crippen molar-refractivity contribution in [3.8, 4) is 0 Å². The van der Waals surface area contributed by atoms with Crippen LogP contribution in [0.1, 0.15) is 19.0 Å². The Bertz CT molecular complexity index is 489. The van der Waals surface area contributed by atoms with Gasteiger partial charge in [0.2, 0.25) is 0 Å². The maximum atomic E-state index is 10.9. The monoisotopic (exact) mass is 256 g/mol. The van der Waals surface area contributed by atoms with Crippen LogP contribution >= 0.6 is 23.6 Å². The highest BCUT2D eigenvalue weighted by Crippen LogP contribution is 2.25. The molecular weight excluding hydrogens is 244 g/mol. The van der Waals surface area contributed by atoms with Crippen molar-refractivity contribution in [3.63, 3.8) is 0 Å². The molecule has 1 aromatic rings. The molecular formula is C10H12N2O2S2. The lowest BCUT2D eigenvalue weighted by Crippen LogP contribution is -2.39. The van der Waals surface area contributed by atoms with Gasteiger partial charge in [-0.25, -0.2) is 4.79 Å². The predicted molar refractivity (Wildman–Crippen MR) is 66.3 cm³/mol. The zero-order valence-corrected chi connectivity index (χ0v) is 10.4. The van der Waals surface area contributed by atoms with Crippen molar-refractivity contribution < 1.29 is 9.90 Å². The maximum Gasteiger partial charge on any atom is 0.407 e. The van der Waals surface area contributed by atoms with E-state index in [1.165, 1.54) is 16.2 Å². The summed E-state index contributed by atoms with van der Waals surface area (Å²) in [4.78, 5) is 15.4. The van der Waals surface area contributed by atoms with Gasteiger partial charge in [0.1, 0.15) is 0 Å². The molecule has 0 saturated carbocycles. The first-order valence-electron chi connectivity index (χ1n) is 4.96. The van der Waals surface area contributed by atoms with E-state index in [-0.39, 0.29) is 6.04 Å². The zero-order valence-electron chi connectivity index (χ0n) is 8.77. The summed E-state index contributed by atoms with van der Waals surface area (Å²) < 4.78 is 0.754. The van der Waals surface area contributed by atoms with Crippen LogP contribution in [0.3, 0.4) is 0 Å². The lowest BCUT2D eigenvalue weighted by atomic mass is 10.0. The van der Waals surface area contributed by atoms with Crippen LogP contribution < -0.4 is 0 Å². The lowest BCUT2D eigenvalue weighted by molar-refractivity contribution is 0.136. The first-order chi connectivity index (χ1) is 7.58. The number of H-pyrrole nitrogens is 1. The van der Waals surface area contributed by atoms with Gasteiger partial charge in [0.15, 0.2) is 3.95 Å². The van der Waals surface area contributed by atoms with Crippen molar-refractivity contribution in [2.24, 2.45) is 0 Å². The maximum absolute atomic E-state index is 10.9. The van der Waals surface area contributed by atoms with E-state index in [4.69, 9.17) is 17.3 Å². The smallest absolute Gasteiger partial charge is 0.407 e. The van der Waals surface area contributed by atoms with Gasteiger partial charge in [0, 0.05) is 11.9 Å². The SMILES string of the molecule is C[C@H]1C=C(c2csc(=S)[nH]2)CCN1C(=O)O. The van der Waals surface area contributed by atoms with Crippen molar-refractivity contribution in [2.45, 2.75) is 19.4 Å². The van der Waals surface area contributed by atoms with Gasteiger partial charge in [-0.05, 0) is 31.1 Å². The number of aromatic nitrogens is 1. The molecule has 2 rings (SSSR count). The molecule has 0 aromatic carbocycles. The molecule has 1 aromatic heterocycles. The Morgan fingerprint density at radius 2 is 2.50 bits per heavy atom. The van der Waals surface area contributed by atoms with Crippen LogP contribution in [0.4, 0.5) is 4.79 Å². The van der Waals surface area contributed by atoms with Crippen LogP contribution in [0.25, 0.3) is 5.57 Å². The summed E-state index contributed by atoms with van der Waals surface area (Å²) in [5.74, 6) is 0. The van der Waals surface area contributed by atoms with Crippen LogP contribution in [0, 0.1) is 3.95 Å². The Hall–Kier alpha value is -1.14. The molecule has 0 fully saturated rings. The molecule has 0 bridgehead atoms. The standard InChI is InChI=1S/C10H12N2O2S2/c1-6-4-7(2-3-12(6)10(13)14)8-5-16-9(15)11-8/h4-6H,2-3H2,1H3,(H,11,15)(H,13,14)/t6-/m0/s1.